The SMILES string of the molecule is COc1ccc(NCc2ccc(Br)cn2)cc1C. The highest BCUT2D eigenvalue weighted by molar-refractivity contribution is 9.10. The Morgan fingerprint density at radius 3 is 2.72 bits per heavy atom. The van der Waals surface area contributed by atoms with Crippen LogP contribution in [0.2, 0.25) is 0 Å². The van der Waals surface area contributed by atoms with E-state index in [1.165, 1.54) is 0 Å². The van der Waals surface area contributed by atoms with Crippen molar-refractivity contribution in [2.45, 2.75) is 13.5 Å². The molecule has 1 N–H and O–H groups in total. The van der Waals surface area contributed by atoms with Crippen molar-refractivity contribution in [2.75, 3.05) is 12.4 Å². The number of nitrogens with one attached hydrogen (secondary N) is 1. The molecule has 3 nitrogen and oxygen atoms in total. The van der Waals surface area contributed by atoms with E-state index in [0.29, 0.717) is 6.54 Å². The monoisotopic (exact) mass is 306 g/mol. The summed E-state index contributed by atoms with van der Waals surface area (Å²) < 4.78 is 6.22. The summed E-state index contributed by atoms with van der Waals surface area (Å²) in [5.41, 5.74) is 3.19. The lowest BCUT2D eigenvalue weighted by Crippen LogP contribution is -2.01. The zero-order chi connectivity index (χ0) is 13.0. The van der Waals surface area contributed by atoms with Gasteiger partial charge in [0, 0.05) is 16.4 Å². The molecule has 0 aliphatic heterocycles. The summed E-state index contributed by atoms with van der Waals surface area (Å²) in [6.45, 7) is 2.74. The first-order valence-electron chi connectivity index (χ1n) is 5.68. The lowest BCUT2D eigenvalue weighted by Gasteiger charge is -2.09. The van der Waals surface area contributed by atoms with Gasteiger partial charge in [-0.25, -0.2) is 0 Å². The number of aryl methyl sites for hydroxylation is 1. The van der Waals surface area contributed by atoms with Gasteiger partial charge < -0.3 is 10.1 Å². The van der Waals surface area contributed by atoms with Gasteiger partial charge in [-0.05, 0) is 58.7 Å². The molecule has 4 heteroatoms. The topological polar surface area (TPSA) is 34.1 Å². The number of pyridine rings is 1. The molecule has 0 aliphatic rings. The normalized spacial score (nSPS) is 10.2. The Morgan fingerprint density at radius 2 is 2.11 bits per heavy atom. The first-order chi connectivity index (χ1) is 8.69. The number of hydrogen-bond acceptors (Lipinski definition) is 3. The van der Waals surface area contributed by atoms with Crippen LogP contribution in [0.3, 0.4) is 0 Å². The summed E-state index contributed by atoms with van der Waals surface area (Å²) in [7, 11) is 1.68. The zero-order valence-electron chi connectivity index (χ0n) is 10.4. The van der Waals surface area contributed by atoms with Crippen LogP contribution in [0.1, 0.15) is 11.3 Å². The van der Waals surface area contributed by atoms with Crippen LogP contribution in [0.15, 0.2) is 41.0 Å². The molecule has 0 unspecified atom stereocenters. The molecule has 0 spiro atoms. The molecule has 2 rings (SSSR count). The highest BCUT2D eigenvalue weighted by Gasteiger charge is 2.00. The van der Waals surface area contributed by atoms with Gasteiger partial charge in [0.25, 0.3) is 0 Å². The van der Waals surface area contributed by atoms with Gasteiger partial charge >= 0.3 is 0 Å². The minimum atomic E-state index is 0.707. The van der Waals surface area contributed by atoms with Crippen molar-refractivity contribution < 1.29 is 4.74 Å². The van der Waals surface area contributed by atoms with Crippen LogP contribution in [-0.2, 0) is 6.54 Å². The van der Waals surface area contributed by atoms with Crippen LogP contribution in [0.4, 0.5) is 5.69 Å². The van der Waals surface area contributed by atoms with E-state index in [1.807, 2.05) is 31.2 Å². The molecule has 0 saturated heterocycles. The summed E-state index contributed by atoms with van der Waals surface area (Å²) >= 11 is 3.37. The summed E-state index contributed by atoms with van der Waals surface area (Å²) in [6.07, 6.45) is 1.80. The third kappa shape index (κ3) is 3.23. The predicted molar refractivity (Wildman–Crippen MR) is 77.0 cm³/mol. The van der Waals surface area contributed by atoms with E-state index < -0.39 is 0 Å². The number of rotatable bonds is 4. The van der Waals surface area contributed by atoms with Crippen molar-refractivity contribution in [3.8, 4) is 5.75 Å². The largest absolute Gasteiger partial charge is 0.496 e. The molecule has 0 saturated carbocycles. The molecule has 0 atom stereocenters. The Bertz CT molecular complexity index is 526. The van der Waals surface area contributed by atoms with E-state index >= 15 is 0 Å². The van der Waals surface area contributed by atoms with Crippen molar-refractivity contribution in [1.82, 2.24) is 4.98 Å². The minimum absolute atomic E-state index is 0.707. The van der Waals surface area contributed by atoms with E-state index in [9.17, 15) is 0 Å². The quantitative estimate of drug-likeness (QED) is 0.933. The smallest absolute Gasteiger partial charge is 0.121 e. The van der Waals surface area contributed by atoms with Gasteiger partial charge in [-0.15, -0.1) is 0 Å². The van der Waals surface area contributed by atoms with Gasteiger partial charge in [0.05, 0.1) is 19.3 Å². The number of anilines is 1. The second-order valence-corrected chi connectivity index (χ2v) is 4.92. The van der Waals surface area contributed by atoms with Gasteiger partial charge in [-0.3, -0.25) is 4.98 Å². The van der Waals surface area contributed by atoms with E-state index in [0.717, 1.165) is 27.2 Å². The van der Waals surface area contributed by atoms with E-state index in [4.69, 9.17) is 4.74 Å². The molecule has 1 aromatic carbocycles. The summed E-state index contributed by atoms with van der Waals surface area (Å²) in [5, 5.41) is 3.34. The highest BCUT2D eigenvalue weighted by atomic mass is 79.9. The molecule has 1 heterocycles. The fourth-order valence-corrected chi connectivity index (χ4v) is 1.93. The lowest BCUT2D eigenvalue weighted by atomic mass is 10.2. The first kappa shape index (κ1) is 12.9. The Labute approximate surface area is 115 Å². The molecular formula is C14H15BrN2O. The van der Waals surface area contributed by atoms with Crippen molar-refractivity contribution in [3.05, 3.63) is 52.3 Å². The van der Waals surface area contributed by atoms with Crippen LogP contribution in [0.5, 0.6) is 5.75 Å². The highest BCUT2D eigenvalue weighted by Crippen LogP contribution is 2.21. The molecular weight excluding hydrogens is 292 g/mol. The third-order valence-corrected chi connectivity index (χ3v) is 3.13. The number of hydrogen-bond donors (Lipinski definition) is 1. The van der Waals surface area contributed by atoms with Gasteiger partial charge in [-0.2, -0.15) is 0 Å². The summed E-state index contributed by atoms with van der Waals surface area (Å²) in [4.78, 5) is 4.32. The average Bonchev–Trinajstić information content (AvgIpc) is 2.38. The van der Waals surface area contributed by atoms with Crippen molar-refractivity contribution in [2.24, 2.45) is 0 Å². The van der Waals surface area contributed by atoms with Crippen LogP contribution >= 0.6 is 15.9 Å². The second kappa shape index (κ2) is 5.87. The van der Waals surface area contributed by atoms with Crippen LogP contribution in [0, 0.1) is 6.92 Å². The van der Waals surface area contributed by atoms with E-state index in [1.54, 1.807) is 13.3 Å². The van der Waals surface area contributed by atoms with Crippen molar-refractivity contribution >= 4 is 21.6 Å². The summed E-state index contributed by atoms with van der Waals surface area (Å²) in [5.74, 6) is 0.905. The number of halogens is 1. The maximum Gasteiger partial charge on any atom is 0.121 e. The van der Waals surface area contributed by atoms with Crippen molar-refractivity contribution in [3.63, 3.8) is 0 Å². The molecule has 94 valence electrons. The fraction of sp³-hybridized carbons (Fsp3) is 0.214. The molecule has 0 aliphatic carbocycles. The molecule has 0 fully saturated rings. The standard InChI is InChI=1S/C14H15BrN2O/c1-10-7-12(5-6-14(10)18-2)17-9-13-4-3-11(15)8-16-13/h3-8,17H,9H2,1-2H3. The van der Waals surface area contributed by atoms with E-state index in [2.05, 4.69) is 32.3 Å². The van der Waals surface area contributed by atoms with E-state index in [-0.39, 0.29) is 0 Å². The number of ether oxygens (including phenoxy) is 1. The number of nitrogens with zero attached hydrogens (tertiary/aromatic N) is 1. The first-order valence-corrected chi connectivity index (χ1v) is 6.47. The maximum atomic E-state index is 5.23. The molecule has 0 amide bonds. The van der Waals surface area contributed by atoms with Crippen LogP contribution in [0.25, 0.3) is 0 Å². The average molecular weight is 307 g/mol. The Hall–Kier alpha value is -1.55. The number of aromatic nitrogens is 1. The van der Waals surface area contributed by atoms with Gasteiger partial charge in [0.1, 0.15) is 5.75 Å². The number of methoxy groups -OCH3 is 1. The van der Waals surface area contributed by atoms with Crippen LogP contribution < -0.4 is 10.1 Å². The molecule has 18 heavy (non-hydrogen) atoms. The molecule has 0 radical (unpaired) electrons. The second-order valence-electron chi connectivity index (χ2n) is 4.01. The fourth-order valence-electron chi connectivity index (χ4n) is 1.69. The Morgan fingerprint density at radius 1 is 1.28 bits per heavy atom. The molecule has 1 aromatic heterocycles. The van der Waals surface area contributed by atoms with Gasteiger partial charge in [0.15, 0.2) is 0 Å². The zero-order valence-corrected chi connectivity index (χ0v) is 12.0. The molecule has 2 aromatic rings. The van der Waals surface area contributed by atoms with Crippen LogP contribution in [-0.4, -0.2) is 12.1 Å². The Balaban J connectivity index is 2.02. The molecule has 0 bridgehead atoms. The minimum Gasteiger partial charge on any atom is -0.496 e. The van der Waals surface area contributed by atoms with Gasteiger partial charge in [-0.1, -0.05) is 0 Å². The maximum absolute atomic E-state index is 5.23. The predicted octanol–water partition coefficient (Wildman–Crippen LogP) is 3.77. The number of benzene rings is 1. The van der Waals surface area contributed by atoms with Crippen molar-refractivity contribution in [1.29, 1.82) is 0 Å². The third-order valence-electron chi connectivity index (χ3n) is 2.66. The van der Waals surface area contributed by atoms with Gasteiger partial charge in [0.2, 0.25) is 0 Å². The Kier molecular flexibility index (Phi) is 4.20. The lowest BCUT2D eigenvalue weighted by molar-refractivity contribution is 0.412. The summed E-state index contributed by atoms with van der Waals surface area (Å²) in [6, 6.07) is 10.0.